The summed E-state index contributed by atoms with van der Waals surface area (Å²) in [4.78, 5) is 49.1. The fourth-order valence-electron chi connectivity index (χ4n) is 6.15. The predicted molar refractivity (Wildman–Crippen MR) is 153 cm³/mol. The van der Waals surface area contributed by atoms with E-state index < -0.39 is 53.0 Å². The number of carboxylic acids is 1. The Hall–Kier alpha value is -3.67. The van der Waals surface area contributed by atoms with E-state index in [2.05, 4.69) is 15.3 Å². The molecule has 43 heavy (non-hydrogen) atoms. The average Bonchev–Trinajstić information content (AvgIpc) is 3.54. The number of rotatable bonds is 1. The van der Waals surface area contributed by atoms with Gasteiger partial charge in [-0.2, -0.15) is 8.78 Å². The van der Waals surface area contributed by atoms with Crippen LogP contribution in [0.4, 0.5) is 8.78 Å². The van der Waals surface area contributed by atoms with Gasteiger partial charge in [-0.3, -0.25) is 9.59 Å². The molecule has 3 heterocycles. The Balaban J connectivity index is 1.57. The molecular weight excluding hydrogens is 562 g/mol. The van der Waals surface area contributed by atoms with Crippen molar-refractivity contribution >= 4 is 28.8 Å². The van der Waals surface area contributed by atoms with Crippen molar-refractivity contribution in [2.24, 2.45) is 11.3 Å². The molecule has 12 heteroatoms. The number of aliphatic carboxylic acids is 1. The Labute approximate surface area is 248 Å². The molecule has 2 N–H and O–H groups in total. The van der Waals surface area contributed by atoms with Gasteiger partial charge in [-0.15, -0.1) is 0 Å². The molecular formula is C31H38F2N4O6. The molecule has 0 radical (unpaired) electrons. The van der Waals surface area contributed by atoms with Crippen molar-refractivity contribution in [1.29, 1.82) is 0 Å². The highest BCUT2D eigenvalue weighted by molar-refractivity contribution is 5.91. The normalized spacial score (nSPS) is 29.2. The first kappa shape index (κ1) is 30.8. The van der Waals surface area contributed by atoms with Gasteiger partial charge in [-0.25, -0.2) is 14.8 Å². The van der Waals surface area contributed by atoms with Gasteiger partial charge in [-0.05, 0) is 54.9 Å². The van der Waals surface area contributed by atoms with Crippen molar-refractivity contribution in [2.75, 3.05) is 13.2 Å². The lowest BCUT2D eigenvalue weighted by Crippen LogP contribution is -2.57. The van der Waals surface area contributed by atoms with E-state index in [1.54, 1.807) is 39.0 Å². The lowest BCUT2D eigenvalue weighted by Gasteiger charge is -2.35. The van der Waals surface area contributed by atoms with Crippen LogP contribution in [0.3, 0.4) is 0 Å². The van der Waals surface area contributed by atoms with E-state index in [1.165, 1.54) is 6.08 Å². The van der Waals surface area contributed by atoms with Gasteiger partial charge in [0.1, 0.15) is 18.2 Å². The number of ether oxygens (including phenoxy) is 2. The molecule has 3 aliphatic rings. The first-order chi connectivity index (χ1) is 20.2. The van der Waals surface area contributed by atoms with Gasteiger partial charge in [0, 0.05) is 12.8 Å². The highest BCUT2D eigenvalue weighted by Gasteiger charge is 2.47. The molecule has 2 amide bonds. The van der Waals surface area contributed by atoms with Crippen LogP contribution in [0.25, 0.3) is 11.0 Å². The van der Waals surface area contributed by atoms with Crippen LogP contribution < -0.4 is 10.1 Å². The fourth-order valence-corrected chi connectivity index (χ4v) is 6.15. The zero-order chi connectivity index (χ0) is 31.1. The number of aryl methyl sites for hydroxylation is 1. The Morgan fingerprint density at radius 2 is 1.93 bits per heavy atom. The van der Waals surface area contributed by atoms with E-state index in [4.69, 9.17) is 9.47 Å². The maximum Gasteiger partial charge on any atom is 0.326 e. The molecule has 1 saturated heterocycles. The van der Waals surface area contributed by atoms with E-state index >= 15 is 8.78 Å². The highest BCUT2D eigenvalue weighted by atomic mass is 19.3. The molecule has 1 saturated carbocycles. The van der Waals surface area contributed by atoms with E-state index in [1.807, 2.05) is 6.92 Å². The number of allylic oxidation sites excluding steroid dienone is 1. The number of fused-ring (bicyclic) bond motifs is 5. The molecule has 1 aromatic carbocycles. The van der Waals surface area contributed by atoms with Crippen LogP contribution in [-0.4, -0.2) is 75.2 Å². The van der Waals surface area contributed by atoms with Gasteiger partial charge in [-0.1, -0.05) is 39.3 Å². The minimum Gasteiger partial charge on any atom is -0.480 e. The first-order valence-corrected chi connectivity index (χ1v) is 14.7. The van der Waals surface area contributed by atoms with Crippen molar-refractivity contribution in [2.45, 2.75) is 90.0 Å². The van der Waals surface area contributed by atoms with Gasteiger partial charge in [0.15, 0.2) is 5.69 Å². The molecule has 2 aliphatic heterocycles. The Kier molecular flexibility index (Phi) is 8.43. The second kappa shape index (κ2) is 11.8. The van der Waals surface area contributed by atoms with Gasteiger partial charge in [0.25, 0.3) is 0 Å². The molecule has 232 valence electrons. The first-order valence-electron chi connectivity index (χ1n) is 14.7. The van der Waals surface area contributed by atoms with Crippen LogP contribution in [0, 0.1) is 18.3 Å². The monoisotopic (exact) mass is 600 g/mol. The van der Waals surface area contributed by atoms with E-state index in [-0.39, 0.29) is 49.4 Å². The van der Waals surface area contributed by atoms with E-state index in [9.17, 15) is 19.5 Å². The van der Waals surface area contributed by atoms with Crippen LogP contribution in [0.15, 0.2) is 30.4 Å². The number of halogens is 2. The second-order valence-electron chi connectivity index (χ2n) is 12.8. The molecule has 2 bridgehead atoms. The fraction of sp³-hybridized carbons (Fsp3) is 0.581. The van der Waals surface area contributed by atoms with Crippen molar-refractivity contribution in [3.8, 4) is 5.88 Å². The van der Waals surface area contributed by atoms with Crippen LogP contribution >= 0.6 is 0 Å². The summed E-state index contributed by atoms with van der Waals surface area (Å²) in [5, 5.41) is 12.9. The number of nitrogens with zero attached hydrogens (tertiary/aromatic N) is 3. The third kappa shape index (κ3) is 6.63. The van der Waals surface area contributed by atoms with Crippen molar-refractivity contribution < 1.29 is 37.7 Å². The molecule has 0 unspecified atom stereocenters. The molecule has 2 aromatic rings. The number of carbonyl (C=O) groups is 3. The number of amides is 2. The Morgan fingerprint density at radius 3 is 2.65 bits per heavy atom. The van der Waals surface area contributed by atoms with Crippen molar-refractivity contribution in [1.82, 2.24) is 20.2 Å². The summed E-state index contributed by atoms with van der Waals surface area (Å²) in [6, 6.07) is 2.73. The molecule has 1 aliphatic carbocycles. The number of hydrogen-bond acceptors (Lipinski definition) is 7. The molecule has 0 spiro atoms. The SMILES string of the molecule is Cc1ccc2nc3c(nc2c1)O[C@@H]1C[C@@H](C(=O)O)N(C1)C(=O)[C@H](C(C)(C)C)NC(=O)C[C@@H]1CCC[C@H]1OC/C=C/C3(F)F. The van der Waals surface area contributed by atoms with E-state index in [0.717, 1.165) is 23.3 Å². The number of nitrogens with one attached hydrogen (secondary N) is 1. The average molecular weight is 601 g/mol. The van der Waals surface area contributed by atoms with Crippen LogP contribution in [0.5, 0.6) is 5.88 Å². The molecule has 5 rings (SSSR count). The van der Waals surface area contributed by atoms with Gasteiger partial charge in [0.05, 0.1) is 30.3 Å². The summed E-state index contributed by atoms with van der Waals surface area (Å²) in [5.41, 5.74) is -0.0227. The summed E-state index contributed by atoms with van der Waals surface area (Å²) < 4.78 is 43.3. The van der Waals surface area contributed by atoms with Gasteiger partial charge < -0.3 is 24.8 Å². The second-order valence-corrected chi connectivity index (χ2v) is 12.8. The lowest BCUT2D eigenvalue weighted by atomic mass is 9.85. The number of carboxylic acid groups (broad SMARTS) is 1. The van der Waals surface area contributed by atoms with Crippen LogP contribution in [0.2, 0.25) is 0 Å². The number of aromatic nitrogens is 2. The Morgan fingerprint density at radius 1 is 1.16 bits per heavy atom. The van der Waals surface area contributed by atoms with Gasteiger partial charge >= 0.3 is 11.9 Å². The topological polar surface area (TPSA) is 131 Å². The number of carbonyl (C=O) groups excluding carboxylic acids is 2. The third-order valence-corrected chi connectivity index (χ3v) is 8.40. The molecule has 1 aromatic heterocycles. The number of alkyl halides is 2. The third-order valence-electron chi connectivity index (χ3n) is 8.40. The molecule has 5 atom stereocenters. The zero-order valence-electron chi connectivity index (χ0n) is 24.8. The highest BCUT2D eigenvalue weighted by Crippen LogP contribution is 2.38. The smallest absolute Gasteiger partial charge is 0.326 e. The Bertz CT molecular complexity index is 1440. The quantitative estimate of drug-likeness (QED) is 0.467. The lowest BCUT2D eigenvalue weighted by molar-refractivity contribution is -0.150. The zero-order valence-corrected chi connectivity index (χ0v) is 24.8. The standard InChI is InChI=1S/C31H38F2N4O6/c1-17-9-10-20-21(13-17)35-27-25(34-20)31(32,33)11-6-12-42-23-8-5-7-18(23)14-24(38)36-26(30(2,3)4)28(39)37-16-19(43-27)15-22(37)29(40)41/h6,9-11,13,18-19,22-23,26H,5,7-8,12,14-16H2,1-4H3,(H,36,38)(H,40,41)/b11-6+/t18-,19+,22-,23+,26+/m0/s1. The minimum atomic E-state index is -3.59. The van der Waals surface area contributed by atoms with Crippen LogP contribution in [0.1, 0.15) is 64.1 Å². The summed E-state index contributed by atoms with van der Waals surface area (Å²) >= 11 is 0. The van der Waals surface area contributed by atoms with Crippen LogP contribution in [-0.2, 0) is 25.0 Å². The predicted octanol–water partition coefficient (Wildman–Crippen LogP) is 4.14. The number of hydrogen-bond donors (Lipinski definition) is 2. The summed E-state index contributed by atoms with van der Waals surface area (Å²) in [5.74, 6) is -6.35. The van der Waals surface area contributed by atoms with Crippen molar-refractivity contribution in [3.05, 3.63) is 41.6 Å². The molecule has 2 fully saturated rings. The molecule has 10 nitrogen and oxygen atoms in total. The number of benzene rings is 1. The van der Waals surface area contributed by atoms with Gasteiger partial charge in [0.2, 0.25) is 17.7 Å². The van der Waals surface area contributed by atoms with E-state index in [0.29, 0.717) is 18.0 Å². The maximum atomic E-state index is 15.7. The largest absolute Gasteiger partial charge is 0.480 e. The summed E-state index contributed by atoms with van der Waals surface area (Å²) in [7, 11) is 0. The summed E-state index contributed by atoms with van der Waals surface area (Å²) in [6.07, 6.45) is 2.86. The minimum absolute atomic E-state index is 0.0876. The van der Waals surface area contributed by atoms with Crippen molar-refractivity contribution in [3.63, 3.8) is 0 Å². The summed E-state index contributed by atoms with van der Waals surface area (Å²) in [6.45, 7) is 6.92. The maximum absolute atomic E-state index is 15.7.